The van der Waals surface area contributed by atoms with E-state index >= 15 is 0 Å². The number of carbonyl (C=O) groups excluding carboxylic acids is 1. The minimum Gasteiger partial charge on any atom is -0.298 e. The molecule has 1 radical (unpaired) electrons. The van der Waals surface area contributed by atoms with E-state index in [1.54, 1.807) is 0 Å². The minimum absolute atomic E-state index is 0.0174. The third-order valence-electron chi connectivity index (χ3n) is 1.94. The van der Waals surface area contributed by atoms with E-state index in [0.717, 1.165) is 0 Å². The highest BCUT2D eigenvalue weighted by Crippen LogP contribution is 2.29. The van der Waals surface area contributed by atoms with Gasteiger partial charge in [0, 0.05) is 6.42 Å². The quantitative estimate of drug-likeness (QED) is 0.556. The van der Waals surface area contributed by atoms with Gasteiger partial charge < -0.3 is 0 Å². The molecule has 0 saturated heterocycles. The van der Waals surface area contributed by atoms with Crippen LogP contribution in [0.3, 0.4) is 0 Å². The highest BCUT2D eigenvalue weighted by molar-refractivity contribution is 5.80. The molecule has 1 fully saturated rings. The Morgan fingerprint density at radius 1 is 1.56 bits per heavy atom. The van der Waals surface area contributed by atoms with E-state index in [0.29, 0.717) is 12.3 Å². The second-order valence-electron chi connectivity index (χ2n) is 2.72. The van der Waals surface area contributed by atoms with Crippen molar-refractivity contribution in [2.24, 2.45) is 5.92 Å². The lowest BCUT2D eigenvalue weighted by Crippen LogP contribution is -2.18. The van der Waals surface area contributed by atoms with Crippen molar-refractivity contribution >= 4 is 5.78 Å². The maximum absolute atomic E-state index is 10.6. The van der Waals surface area contributed by atoms with Gasteiger partial charge in [0.05, 0.1) is 6.54 Å². The van der Waals surface area contributed by atoms with Crippen molar-refractivity contribution in [1.29, 1.82) is 0 Å². The summed E-state index contributed by atoms with van der Waals surface area (Å²) in [7, 11) is 0. The lowest BCUT2D eigenvalue weighted by Gasteiger charge is -2.23. The zero-order valence-corrected chi connectivity index (χ0v) is 5.52. The predicted molar refractivity (Wildman–Crippen MR) is 34.9 cm³/mol. The maximum Gasteiger partial charge on any atom is 0.148 e. The fourth-order valence-electron chi connectivity index (χ4n) is 1.09. The Balaban J connectivity index is 2.09. The molecule has 0 bridgehead atoms. The molecule has 0 atom stereocenters. The summed E-state index contributed by atoms with van der Waals surface area (Å²) in [4.78, 5) is 10.6. The number of Topliss-reactive ketones (excluding diaryl/α,β-unsaturated/α-hetero) is 1. The van der Waals surface area contributed by atoms with Gasteiger partial charge in [-0.3, -0.25) is 10.5 Å². The molecule has 0 unspecified atom stereocenters. The summed E-state index contributed by atoms with van der Waals surface area (Å²) < 4.78 is 0. The molecule has 0 aromatic carbocycles. The Labute approximate surface area is 55.4 Å². The van der Waals surface area contributed by atoms with Gasteiger partial charge in [-0.05, 0) is 5.92 Å². The normalized spacial score (nSPS) is 19.2. The van der Waals surface area contributed by atoms with Crippen LogP contribution < -0.4 is 5.73 Å². The van der Waals surface area contributed by atoms with E-state index in [9.17, 15) is 4.79 Å². The van der Waals surface area contributed by atoms with Crippen molar-refractivity contribution in [2.75, 3.05) is 6.54 Å². The van der Waals surface area contributed by atoms with Crippen LogP contribution in [0.15, 0.2) is 0 Å². The molecule has 0 spiro atoms. The first-order valence-corrected chi connectivity index (χ1v) is 3.49. The Morgan fingerprint density at radius 3 is 2.56 bits per heavy atom. The van der Waals surface area contributed by atoms with Crippen molar-refractivity contribution < 1.29 is 4.79 Å². The topological polar surface area (TPSA) is 40.9 Å². The Morgan fingerprint density at radius 2 is 2.22 bits per heavy atom. The predicted octanol–water partition coefficient (Wildman–Crippen LogP) is 1.03. The van der Waals surface area contributed by atoms with Crippen LogP contribution in [-0.4, -0.2) is 12.3 Å². The fraction of sp³-hybridized carbons (Fsp3) is 0.857. The Hall–Kier alpha value is -0.370. The van der Waals surface area contributed by atoms with Gasteiger partial charge >= 0.3 is 0 Å². The van der Waals surface area contributed by atoms with Gasteiger partial charge in [-0.2, -0.15) is 0 Å². The van der Waals surface area contributed by atoms with Crippen LogP contribution in [0.2, 0.25) is 0 Å². The molecule has 51 valence electrons. The lowest BCUT2D eigenvalue weighted by molar-refractivity contribution is -0.119. The number of nitrogens with one attached hydrogen (secondary N) is 1. The van der Waals surface area contributed by atoms with E-state index < -0.39 is 0 Å². The Kier molecular flexibility index (Phi) is 2.22. The molecular weight excluding hydrogens is 114 g/mol. The zero-order chi connectivity index (χ0) is 6.69. The number of rotatable bonds is 3. The first-order chi connectivity index (χ1) is 4.33. The first kappa shape index (κ1) is 6.75. The highest BCUT2D eigenvalue weighted by Gasteiger charge is 2.19. The Bertz CT molecular complexity index is 107. The summed E-state index contributed by atoms with van der Waals surface area (Å²) >= 11 is 0. The summed E-state index contributed by atoms with van der Waals surface area (Å²) in [5.41, 5.74) is 6.75. The average molecular weight is 126 g/mol. The van der Waals surface area contributed by atoms with E-state index in [2.05, 4.69) is 0 Å². The molecule has 1 rings (SSSR count). The molecule has 2 heteroatoms. The SMILES string of the molecule is [NH]CC(=O)CC1CCC1. The van der Waals surface area contributed by atoms with E-state index in [-0.39, 0.29) is 12.3 Å². The van der Waals surface area contributed by atoms with Crippen LogP contribution in [0.1, 0.15) is 25.7 Å². The highest BCUT2D eigenvalue weighted by atomic mass is 16.1. The number of carbonyl (C=O) groups is 1. The standard InChI is InChI=1S/C7H12NO/c8-5-7(9)4-6-2-1-3-6/h6,8H,1-5H2. The summed E-state index contributed by atoms with van der Waals surface area (Å²) in [5.74, 6) is 0.752. The molecule has 9 heavy (non-hydrogen) atoms. The average Bonchev–Trinajstić information content (AvgIpc) is 1.78. The van der Waals surface area contributed by atoms with Gasteiger partial charge in [0.1, 0.15) is 5.78 Å². The largest absolute Gasteiger partial charge is 0.298 e. The van der Waals surface area contributed by atoms with Crippen LogP contribution in [0.25, 0.3) is 0 Å². The number of hydrogen-bond acceptors (Lipinski definition) is 1. The minimum atomic E-state index is -0.0174. The maximum atomic E-state index is 10.6. The van der Waals surface area contributed by atoms with Crippen LogP contribution in [0.4, 0.5) is 0 Å². The van der Waals surface area contributed by atoms with E-state index in [1.807, 2.05) is 0 Å². The molecular formula is C7H12NO. The molecule has 1 aliphatic carbocycles. The molecule has 1 aliphatic rings. The van der Waals surface area contributed by atoms with Crippen molar-refractivity contribution in [3.05, 3.63) is 0 Å². The van der Waals surface area contributed by atoms with Crippen molar-refractivity contribution in [3.63, 3.8) is 0 Å². The van der Waals surface area contributed by atoms with Gasteiger partial charge in [-0.15, -0.1) is 0 Å². The second kappa shape index (κ2) is 2.97. The van der Waals surface area contributed by atoms with E-state index in [4.69, 9.17) is 5.73 Å². The molecule has 2 nitrogen and oxygen atoms in total. The molecule has 1 saturated carbocycles. The van der Waals surface area contributed by atoms with Crippen molar-refractivity contribution in [1.82, 2.24) is 5.73 Å². The van der Waals surface area contributed by atoms with Gasteiger partial charge in [-0.1, -0.05) is 19.3 Å². The van der Waals surface area contributed by atoms with Crippen LogP contribution in [-0.2, 0) is 4.79 Å². The zero-order valence-electron chi connectivity index (χ0n) is 5.52. The summed E-state index contributed by atoms with van der Waals surface area (Å²) in [5, 5.41) is 0. The van der Waals surface area contributed by atoms with Crippen molar-refractivity contribution in [3.8, 4) is 0 Å². The van der Waals surface area contributed by atoms with Crippen molar-refractivity contribution in [2.45, 2.75) is 25.7 Å². The summed E-state index contributed by atoms with van der Waals surface area (Å²) in [6.45, 7) is -0.0174. The molecule has 0 amide bonds. The van der Waals surface area contributed by atoms with Gasteiger partial charge in [-0.25, -0.2) is 0 Å². The number of ketones is 1. The smallest absolute Gasteiger partial charge is 0.148 e. The number of hydrogen-bond donors (Lipinski definition) is 0. The van der Waals surface area contributed by atoms with Gasteiger partial charge in [0.15, 0.2) is 0 Å². The third kappa shape index (κ3) is 1.79. The third-order valence-corrected chi connectivity index (χ3v) is 1.94. The van der Waals surface area contributed by atoms with Crippen LogP contribution in [0.5, 0.6) is 0 Å². The molecule has 1 N–H and O–H groups in total. The van der Waals surface area contributed by atoms with Crippen LogP contribution >= 0.6 is 0 Å². The summed E-state index contributed by atoms with van der Waals surface area (Å²) in [6.07, 6.45) is 4.39. The molecule has 0 heterocycles. The molecule has 0 aromatic heterocycles. The van der Waals surface area contributed by atoms with Gasteiger partial charge in [0.2, 0.25) is 0 Å². The fourth-order valence-corrected chi connectivity index (χ4v) is 1.09. The molecule has 0 aliphatic heterocycles. The van der Waals surface area contributed by atoms with Gasteiger partial charge in [0.25, 0.3) is 0 Å². The van der Waals surface area contributed by atoms with E-state index in [1.165, 1.54) is 19.3 Å². The lowest BCUT2D eigenvalue weighted by atomic mass is 9.82. The second-order valence-corrected chi connectivity index (χ2v) is 2.72. The first-order valence-electron chi connectivity index (χ1n) is 3.49. The molecule has 0 aromatic rings. The summed E-state index contributed by atoms with van der Waals surface area (Å²) in [6, 6.07) is 0. The van der Waals surface area contributed by atoms with Crippen LogP contribution in [0, 0.1) is 5.92 Å². The monoisotopic (exact) mass is 126 g/mol.